The van der Waals surface area contributed by atoms with Crippen LogP contribution in [0.5, 0.6) is 0 Å². The van der Waals surface area contributed by atoms with Gasteiger partial charge < -0.3 is 5.32 Å². The summed E-state index contributed by atoms with van der Waals surface area (Å²) in [5, 5.41) is 4.27. The summed E-state index contributed by atoms with van der Waals surface area (Å²) in [5.41, 5.74) is 3.80. The lowest BCUT2D eigenvalue weighted by Gasteiger charge is -2.32. The molecule has 1 aromatic carbocycles. The normalized spacial score (nSPS) is 17.9. The van der Waals surface area contributed by atoms with E-state index in [9.17, 15) is 0 Å². The molecule has 1 aromatic heterocycles. The number of pyridine rings is 1. The van der Waals surface area contributed by atoms with Gasteiger partial charge in [-0.3, -0.25) is 9.88 Å². The molecule has 1 saturated heterocycles. The molecule has 3 rings (SSSR count). The van der Waals surface area contributed by atoms with E-state index in [2.05, 4.69) is 40.3 Å². The maximum Gasteiger partial charge on any atom is 0.0606 e. The molecule has 0 amide bonds. The lowest BCUT2D eigenvalue weighted by molar-refractivity contribution is 0.240. The lowest BCUT2D eigenvalue weighted by Crippen LogP contribution is -2.33. The molecular weight excluding hydrogens is 294 g/mol. The van der Waals surface area contributed by atoms with Crippen LogP contribution < -0.4 is 5.32 Å². The Balaban J connectivity index is 2.03. The highest BCUT2D eigenvalue weighted by Gasteiger charge is 2.24. The van der Waals surface area contributed by atoms with Crippen molar-refractivity contribution in [3.63, 3.8) is 0 Å². The Bertz CT molecular complexity index is 621. The fraction of sp³-hybridized carbons (Fsp3) is 0.389. The standard InChI is InChI=1S/C18H22ClN3/c1-14-13-21-8-6-17(14)18(15-4-2-5-16(19)12-15)22-10-3-7-20-9-11-22/h2,4-6,8,12-13,18,20H,3,7,9-11H2,1H3. The van der Waals surface area contributed by atoms with E-state index < -0.39 is 0 Å². The van der Waals surface area contributed by atoms with Crippen LogP contribution in [0.1, 0.15) is 29.2 Å². The van der Waals surface area contributed by atoms with E-state index in [4.69, 9.17) is 11.6 Å². The van der Waals surface area contributed by atoms with E-state index in [1.54, 1.807) is 0 Å². The second-order valence-corrected chi connectivity index (χ2v) is 6.27. The highest BCUT2D eigenvalue weighted by atomic mass is 35.5. The maximum atomic E-state index is 6.24. The molecule has 0 saturated carbocycles. The first-order valence-electron chi connectivity index (χ1n) is 7.86. The first kappa shape index (κ1) is 15.5. The minimum atomic E-state index is 0.238. The number of hydrogen-bond acceptors (Lipinski definition) is 3. The van der Waals surface area contributed by atoms with E-state index in [1.165, 1.54) is 23.1 Å². The van der Waals surface area contributed by atoms with Crippen molar-refractivity contribution >= 4 is 11.6 Å². The van der Waals surface area contributed by atoms with Gasteiger partial charge >= 0.3 is 0 Å². The Morgan fingerprint density at radius 3 is 2.95 bits per heavy atom. The van der Waals surface area contributed by atoms with Crippen molar-refractivity contribution in [1.29, 1.82) is 0 Å². The summed E-state index contributed by atoms with van der Waals surface area (Å²) in [4.78, 5) is 6.79. The Labute approximate surface area is 137 Å². The number of aryl methyl sites for hydroxylation is 1. The van der Waals surface area contributed by atoms with Gasteiger partial charge in [-0.1, -0.05) is 23.7 Å². The van der Waals surface area contributed by atoms with E-state index in [0.29, 0.717) is 0 Å². The third-order valence-corrected chi connectivity index (χ3v) is 4.50. The summed E-state index contributed by atoms with van der Waals surface area (Å²) in [7, 11) is 0. The molecule has 116 valence electrons. The highest BCUT2D eigenvalue weighted by molar-refractivity contribution is 6.30. The molecule has 1 unspecified atom stereocenters. The summed E-state index contributed by atoms with van der Waals surface area (Å²) >= 11 is 6.24. The second kappa shape index (κ2) is 7.23. The molecule has 1 aliphatic heterocycles. The number of nitrogens with one attached hydrogen (secondary N) is 1. The minimum Gasteiger partial charge on any atom is -0.315 e. The molecule has 22 heavy (non-hydrogen) atoms. The van der Waals surface area contributed by atoms with E-state index in [1.807, 2.05) is 24.5 Å². The zero-order valence-electron chi connectivity index (χ0n) is 12.9. The van der Waals surface area contributed by atoms with Crippen LogP contribution in [0.15, 0.2) is 42.7 Å². The molecule has 2 aromatic rings. The molecule has 0 bridgehead atoms. The molecule has 3 nitrogen and oxygen atoms in total. The van der Waals surface area contributed by atoms with Crippen LogP contribution in [0.2, 0.25) is 5.02 Å². The van der Waals surface area contributed by atoms with Gasteiger partial charge in [0.2, 0.25) is 0 Å². The van der Waals surface area contributed by atoms with Crippen LogP contribution in [0.25, 0.3) is 0 Å². The van der Waals surface area contributed by atoms with Crippen molar-refractivity contribution in [2.75, 3.05) is 26.2 Å². The molecule has 1 fully saturated rings. The van der Waals surface area contributed by atoms with Crippen LogP contribution in [-0.4, -0.2) is 36.1 Å². The van der Waals surface area contributed by atoms with Crippen molar-refractivity contribution in [1.82, 2.24) is 15.2 Å². The molecular formula is C18H22ClN3. The summed E-state index contributed by atoms with van der Waals surface area (Å²) < 4.78 is 0. The molecule has 0 spiro atoms. The van der Waals surface area contributed by atoms with Gasteiger partial charge in [0.05, 0.1) is 6.04 Å². The summed E-state index contributed by atoms with van der Waals surface area (Å²) in [6, 6.07) is 10.6. The number of benzene rings is 1. The van der Waals surface area contributed by atoms with Gasteiger partial charge in [0.15, 0.2) is 0 Å². The maximum absolute atomic E-state index is 6.24. The Morgan fingerprint density at radius 1 is 1.23 bits per heavy atom. The fourth-order valence-corrected chi connectivity index (χ4v) is 3.38. The first-order chi connectivity index (χ1) is 10.8. The van der Waals surface area contributed by atoms with Crippen LogP contribution in [0.3, 0.4) is 0 Å². The molecule has 1 aliphatic rings. The first-order valence-corrected chi connectivity index (χ1v) is 8.24. The fourth-order valence-electron chi connectivity index (χ4n) is 3.18. The van der Waals surface area contributed by atoms with Gasteiger partial charge in [-0.15, -0.1) is 0 Å². The Hall–Kier alpha value is -1.42. The molecule has 2 heterocycles. The zero-order chi connectivity index (χ0) is 15.4. The SMILES string of the molecule is Cc1cnccc1C(c1cccc(Cl)c1)N1CCCNCC1. The van der Waals surface area contributed by atoms with Gasteiger partial charge in [-0.25, -0.2) is 0 Å². The second-order valence-electron chi connectivity index (χ2n) is 5.83. The smallest absolute Gasteiger partial charge is 0.0606 e. The van der Waals surface area contributed by atoms with Crippen LogP contribution in [0.4, 0.5) is 0 Å². The monoisotopic (exact) mass is 315 g/mol. The number of nitrogens with zero attached hydrogens (tertiary/aromatic N) is 2. The summed E-state index contributed by atoms with van der Waals surface area (Å²) in [5.74, 6) is 0. The van der Waals surface area contributed by atoms with Crippen molar-refractivity contribution in [2.45, 2.75) is 19.4 Å². The van der Waals surface area contributed by atoms with Gasteiger partial charge in [0.1, 0.15) is 0 Å². The summed E-state index contributed by atoms with van der Waals surface area (Å²) in [6.07, 6.45) is 5.00. The third kappa shape index (κ3) is 3.49. The van der Waals surface area contributed by atoms with Crippen molar-refractivity contribution < 1.29 is 0 Å². The van der Waals surface area contributed by atoms with E-state index >= 15 is 0 Å². The average Bonchev–Trinajstić information content (AvgIpc) is 2.79. The molecule has 4 heteroatoms. The average molecular weight is 316 g/mol. The Kier molecular flexibility index (Phi) is 5.08. The van der Waals surface area contributed by atoms with E-state index in [-0.39, 0.29) is 6.04 Å². The van der Waals surface area contributed by atoms with Crippen molar-refractivity contribution in [3.8, 4) is 0 Å². The topological polar surface area (TPSA) is 28.2 Å². The van der Waals surface area contributed by atoms with Gasteiger partial charge in [0.25, 0.3) is 0 Å². The van der Waals surface area contributed by atoms with Gasteiger partial charge in [-0.2, -0.15) is 0 Å². The third-order valence-electron chi connectivity index (χ3n) is 4.26. The predicted molar refractivity (Wildman–Crippen MR) is 91.3 cm³/mol. The number of rotatable bonds is 3. The van der Waals surface area contributed by atoms with Gasteiger partial charge in [-0.05, 0) is 54.8 Å². The molecule has 0 aliphatic carbocycles. The Morgan fingerprint density at radius 2 is 2.14 bits per heavy atom. The predicted octanol–water partition coefficient (Wildman–Crippen LogP) is 3.43. The highest BCUT2D eigenvalue weighted by Crippen LogP contribution is 2.32. The van der Waals surface area contributed by atoms with E-state index in [0.717, 1.165) is 31.2 Å². The quantitative estimate of drug-likeness (QED) is 0.940. The van der Waals surface area contributed by atoms with Crippen LogP contribution >= 0.6 is 11.6 Å². The largest absolute Gasteiger partial charge is 0.315 e. The zero-order valence-corrected chi connectivity index (χ0v) is 13.7. The van der Waals surface area contributed by atoms with Crippen LogP contribution in [-0.2, 0) is 0 Å². The molecule has 1 atom stereocenters. The van der Waals surface area contributed by atoms with Crippen molar-refractivity contribution in [3.05, 3.63) is 64.4 Å². The lowest BCUT2D eigenvalue weighted by atomic mass is 9.94. The number of aromatic nitrogens is 1. The number of hydrogen-bond donors (Lipinski definition) is 1. The minimum absolute atomic E-state index is 0.238. The number of halogens is 1. The molecule has 1 N–H and O–H groups in total. The summed E-state index contributed by atoms with van der Waals surface area (Å²) in [6.45, 7) is 6.39. The van der Waals surface area contributed by atoms with Gasteiger partial charge in [0, 0.05) is 37.1 Å². The molecule has 0 radical (unpaired) electrons. The van der Waals surface area contributed by atoms with Crippen LogP contribution in [0, 0.1) is 6.92 Å². The van der Waals surface area contributed by atoms with Crippen molar-refractivity contribution in [2.24, 2.45) is 0 Å².